The molecule has 0 aliphatic rings. The van der Waals surface area contributed by atoms with Gasteiger partial charge in [0, 0.05) is 16.1 Å². The molecule has 7 heteroatoms. The molecule has 3 N–H and O–H groups in total. The summed E-state index contributed by atoms with van der Waals surface area (Å²) in [4.78, 5) is 17.2. The predicted molar refractivity (Wildman–Crippen MR) is 76.9 cm³/mol. The molecule has 2 rings (SSSR count). The summed E-state index contributed by atoms with van der Waals surface area (Å²) in [5.41, 5.74) is 2.92. The quantitative estimate of drug-likeness (QED) is 0.807. The highest BCUT2D eigenvalue weighted by Crippen LogP contribution is 2.21. The molecule has 2 amide bonds. The van der Waals surface area contributed by atoms with Gasteiger partial charge in [0.05, 0.1) is 5.69 Å². The van der Waals surface area contributed by atoms with Crippen LogP contribution in [-0.4, -0.2) is 21.2 Å². The molecule has 0 bridgehead atoms. The fraction of sp³-hybridized carbons (Fsp3) is 0.417. The number of rotatable bonds is 3. The van der Waals surface area contributed by atoms with Crippen molar-refractivity contribution in [3.8, 4) is 0 Å². The van der Waals surface area contributed by atoms with Crippen LogP contribution in [0.4, 0.5) is 15.7 Å². The lowest BCUT2D eigenvalue weighted by Gasteiger charge is -2.03. The molecular weight excluding hydrogens is 262 g/mol. The van der Waals surface area contributed by atoms with Gasteiger partial charge in [0.2, 0.25) is 0 Å². The number of H-pyrrole nitrogens is 1. The average molecular weight is 279 g/mol. The van der Waals surface area contributed by atoms with Crippen LogP contribution in [0.1, 0.15) is 28.8 Å². The molecule has 2 aromatic heterocycles. The summed E-state index contributed by atoms with van der Waals surface area (Å²) in [6.45, 7) is 7.85. The van der Waals surface area contributed by atoms with Crippen molar-refractivity contribution in [2.45, 2.75) is 34.1 Å². The van der Waals surface area contributed by atoms with Crippen LogP contribution in [0.5, 0.6) is 0 Å². The van der Waals surface area contributed by atoms with Gasteiger partial charge in [-0.25, -0.2) is 9.78 Å². The van der Waals surface area contributed by atoms with Gasteiger partial charge in [-0.3, -0.25) is 15.7 Å². The zero-order valence-corrected chi connectivity index (χ0v) is 12.2. The van der Waals surface area contributed by atoms with E-state index in [9.17, 15) is 4.79 Å². The molecule has 0 unspecified atom stereocenters. The van der Waals surface area contributed by atoms with Crippen molar-refractivity contribution in [2.24, 2.45) is 0 Å². The number of anilines is 2. The van der Waals surface area contributed by atoms with Crippen molar-refractivity contribution in [1.29, 1.82) is 0 Å². The molecule has 2 aromatic rings. The Kier molecular flexibility index (Phi) is 3.84. The van der Waals surface area contributed by atoms with Crippen molar-refractivity contribution >= 4 is 28.3 Å². The fourth-order valence-corrected chi connectivity index (χ4v) is 2.47. The number of aromatic nitrogens is 3. The summed E-state index contributed by atoms with van der Waals surface area (Å²) in [6, 6.07) is -0.328. The fourth-order valence-electron chi connectivity index (χ4n) is 1.66. The molecule has 6 nitrogen and oxygen atoms in total. The lowest BCUT2D eigenvalue weighted by Crippen LogP contribution is -2.20. The summed E-state index contributed by atoms with van der Waals surface area (Å²) in [5.74, 6) is 0.555. The van der Waals surface area contributed by atoms with Crippen molar-refractivity contribution < 1.29 is 4.79 Å². The smallest absolute Gasteiger partial charge is 0.290 e. The maximum Gasteiger partial charge on any atom is 0.326 e. The first-order chi connectivity index (χ1) is 9.01. The first kappa shape index (κ1) is 13.5. The Labute approximate surface area is 115 Å². The molecule has 0 radical (unpaired) electrons. The minimum Gasteiger partial charge on any atom is -0.290 e. The normalized spacial score (nSPS) is 10.5. The van der Waals surface area contributed by atoms with Gasteiger partial charge in [0.15, 0.2) is 10.9 Å². The number of aryl methyl sites for hydroxylation is 3. The van der Waals surface area contributed by atoms with Gasteiger partial charge >= 0.3 is 6.03 Å². The number of carbonyl (C=O) groups is 1. The highest BCUT2D eigenvalue weighted by molar-refractivity contribution is 7.15. The number of urea groups is 1. The number of nitrogens with zero attached hydrogens (tertiary/aromatic N) is 2. The van der Waals surface area contributed by atoms with Crippen LogP contribution in [0, 0.1) is 20.8 Å². The third kappa shape index (κ3) is 2.93. The van der Waals surface area contributed by atoms with Crippen LogP contribution in [0.2, 0.25) is 0 Å². The van der Waals surface area contributed by atoms with E-state index >= 15 is 0 Å². The summed E-state index contributed by atoms with van der Waals surface area (Å²) >= 11 is 1.46. The monoisotopic (exact) mass is 279 g/mol. The number of thiazole rings is 1. The Morgan fingerprint density at radius 2 is 2.05 bits per heavy atom. The summed E-state index contributed by atoms with van der Waals surface area (Å²) in [7, 11) is 0. The number of hydrogen-bond acceptors (Lipinski definition) is 4. The van der Waals surface area contributed by atoms with E-state index in [2.05, 4.69) is 25.8 Å². The van der Waals surface area contributed by atoms with Crippen molar-refractivity contribution in [3.05, 3.63) is 21.8 Å². The van der Waals surface area contributed by atoms with Crippen LogP contribution in [0.25, 0.3) is 0 Å². The second kappa shape index (κ2) is 5.40. The molecule has 0 atom stereocenters. The minimum absolute atomic E-state index is 0.328. The van der Waals surface area contributed by atoms with Gasteiger partial charge in [0.25, 0.3) is 0 Å². The Hall–Kier alpha value is -1.89. The highest BCUT2D eigenvalue weighted by Gasteiger charge is 2.12. The first-order valence-corrected chi connectivity index (χ1v) is 6.88. The zero-order chi connectivity index (χ0) is 14.0. The summed E-state index contributed by atoms with van der Waals surface area (Å²) < 4.78 is 0. The molecular formula is C12H17N5OS. The Morgan fingerprint density at radius 3 is 2.58 bits per heavy atom. The number of nitrogens with one attached hydrogen (secondary N) is 3. The molecule has 0 saturated carbocycles. The number of amides is 2. The average Bonchev–Trinajstić information content (AvgIpc) is 2.84. The van der Waals surface area contributed by atoms with Crippen LogP contribution in [0.3, 0.4) is 0 Å². The Balaban J connectivity index is 2.03. The lowest BCUT2D eigenvalue weighted by atomic mass is 10.2. The van der Waals surface area contributed by atoms with E-state index in [-0.39, 0.29) is 6.03 Å². The molecule has 2 heterocycles. The molecule has 0 fully saturated rings. The van der Waals surface area contributed by atoms with E-state index in [4.69, 9.17) is 0 Å². The van der Waals surface area contributed by atoms with Gasteiger partial charge < -0.3 is 0 Å². The van der Waals surface area contributed by atoms with E-state index in [1.165, 1.54) is 11.3 Å². The van der Waals surface area contributed by atoms with Crippen LogP contribution in [-0.2, 0) is 6.42 Å². The van der Waals surface area contributed by atoms with Crippen LogP contribution in [0.15, 0.2) is 0 Å². The molecule has 0 spiro atoms. The van der Waals surface area contributed by atoms with Gasteiger partial charge in [-0.1, -0.05) is 6.92 Å². The lowest BCUT2D eigenvalue weighted by molar-refractivity contribution is 0.262. The van der Waals surface area contributed by atoms with Crippen LogP contribution >= 0.6 is 11.3 Å². The maximum absolute atomic E-state index is 11.8. The minimum atomic E-state index is -0.328. The van der Waals surface area contributed by atoms with Crippen molar-refractivity contribution in [3.63, 3.8) is 0 Å². The van der Waals surface area contributed by atoms with E-state index in [0.29, 0.717) is 10.9 Å². The molecule has 19 heavy (non-hydrogen) atoms. The second-order valence-electron chi connectivity index (χ2n) is 4.27. The SMILES string of the molecule is CCc1[nH]nc(NC(=O)Nc2nc(C)c(C)s2)c1C. The summed E-state index contributed by atoms with van der Waals surface area (Å²) in [5, 5.41) is 13.0. The van der Waals surface area contributed by atoms with Gasteiger partial charge in [-0.05, 0) is 27.2 Å². The molecule has 0 aromatic carbocycles. The van der Waals surface area contributed by atoms with E-state index in [1.807, 2.05) is 27.7 Å². The Morgan fingerprint density at radius 1 is 1.32 bits per heavy atom. The van der Waals surface area contributed by atoms with Gasteiger partial charge in [-0.2, -0.15) is 5.10 Å². The zero-order valence-electron chi connectivity index (χ0n) is 11.4. The number of hydrogen-bond donors (Lipinski definition) is 3. The van der Waals surface area contributed by atoms with Crippen molar-refractivity contribution in [1.82, 2.24) is 15.2 Å². The topological polar surface area (TPSA) is 82.7 Å². The second-order valence-corrected chi connectivity index (χ2v) is 5.47. The van der Waals surface area contributed by atoms with Crippen molar-refractivity contribution in [2.75, 3.05) is 10.6 Å². The molecule has 0 aliphatic heterocycles. The summed E-state index contributed by atoms with van der Waals surface area (Å²) in [6.07, 6.45) is 0.854. The Bertz CT molecular complexity index is 582. The number of aromatic amines is 1. The van der Waals surface area contributed by atoms with E-state index in [0.717, 1.165) is 28.2 Å². The molecule has 0 aliphatic carbocycles. The number of carbonyl (C=O) groups excluding carboxylic acids is 1. The molecule has 102 valence electrons. The third-order valence-corrected chi connectivity index (χ3v) is 3.93. The predicted octanol–water partition coefficient (Wildman–Crippen LogP) is 3.00. The first-order valence-electron chi connectivity index (χ1n) is 6.07. The van der Waals surface area contributed by atoms with E-state index < -0.39 is 0 Å². The largest absolute Gasteiger partial charge is 0.326 e. The maximum atomic E-state index is 11.8. The van der Waals surface area contributed by atoms with Gasteiger partial charge in [-0.15, -0.1) is 11.3 Å². The highest BCUT2D eigenvalue weighted by atomic mass is 32.1. The third-order valence-electron chi connectivity index (χ3n) is 2.95. The standard InChI is InChI=1S/C12H17N5OS/c1-5-9-6(2)10(17-16-9)14-11(18)15-12-13-7(3)8(4)19-12/h5H2,1-4H3,(H3,13,14,15,16,17,18). The molecule has 0 saturated heterocycles. The van der Waals surface area contributed by atoms with Gasteiger partial charge in [0.1, 0.15) is 0 Å². The van der Waals surface area contributed by atoms with E-state index in [1.54, 1.807) is 0 Å². The van der Waals surface area contributed by atoms with Crippen LogP contribution < -0.4 is 10.6 Å².